The van der Waals surface area contributed by atoms with Gasteiger partial charge in [0.1, 0.15) is 0 Å². The van der Waals surface area contributed by atoms with E-state index in [1.54, 1.807) is 0 Å². The molecule has 0 saturated heterocycles. The van der Waals surface area contributed by atoms with E-state index in [0.717, 1.165) is 18.0 Å². The smallest absolute Gasteiger partial charge is 0.0849 e. The molecule has 0 atom stereocenters. The lowest BCUT2D eigenvalue weighted by Crippen LogP contribution is -2.11. The Bertz CT molecular complexity index is 582. The molecule has 22 heavy (non-hydrogen) atoms. The first-order valence-electron chi connectivity index (χ1n) is 7.44. The summed E-state index contributed by atoms with van der Waals surface area (Å²) in [6.45, 7) is 2.81. The van der Waals surface area contributed by atoms with Crippen LogP contribution in [0.5, 0.6) is 0 Å². The van der Waals surface area contributed by atoms with Crippen LogP contribution in [-0.4, -0.2) is 6.67 Å². The second-order valence-electron chi connectivity index (χ2n) is 4.92. The third-order valence-electron chi connectivity index (χ3n) is 3.07. The molecule has 3 rings (SSSR count). The summed E-state index contributed by atoms with van der Waals surface area (Å²) >= 11 is 0. The number of rotatable bonds is 4. The predicted molar refractivity (Wildman–Crippen MR) is 96.2 cm³/mol. The second kappa shape index (κ2) is 9.24. The Labute approximate surface area is 132 Å². The fourth-order valence-electron chi connectivity index (χ4n) is 1.89. The SMILES string of the molecule is Cc1ccccc1.c1ccc(NCNc2ccccc2)cc1. The summed E-state index contributed by atoms with van der Waals surface area (Å²) in [5, 5.41) is 6.56. The molecule has 3 aromatic carbocycles. The van der Waals surface area contributed by atoms with Gasteiger partial charge in [-0.15, -0.1) is 0 Å². The van der Waals surface area contributed by atoms with E-state index in [1.807, 2.05) is 78.9 Å². The molecule has 0 aliphatic carbocycles. The average Bonchev–Trinajstić information content (AvgIpc) is 2.58. The summed E-state index contributed by atoms with van der Waals surface area (Å²) in [6.07, 6.45) is 0. The van der Waals surface area contributed by atoms with Gasteiger partial charge in [0.2, 0.25) is 0 Å². The van der Waals surface area contributed by atoms with Crippen molar-refractivity contribution < 1.29 is 0 Å². The van der Waals surface area contributed by atoms with Crippen LogP contribution in [0.15, 0.2) is 91.0 Å². The van der Waals surface area contributed by atoms with E-state index in [4.69, 9.17) is 0 Å². The molecule has 2 heteroatoms. The summed E-state index contributed by atoms with van der Waals surface area (Å²) in [4.78, 5) is 0. The Morgan fingerprint density at radius 3 is 1.23 bits per heavy atom. The molecule has 112 valence electrons. The minimum atomic E-state index is 0.730. The molecule has 0 aromatic heterocycles. The highest BCUT2D eigenvalue weighted by atomic mass is 15.1. The van der Waals surface area contributed by atoms with Gasteiger partial charge in [-0.1, -0.05) is 72.3 Å². The average molecular weight is 290 g/mol. The summed E-state index contributed by atoms with van der Waals surface area (Å²) in [5.74, 6) is 0. The first kappa shape index (κ1) is 15.6. The Balaban J connectivity index is 0.000000211. The van der Waals surface area contributed by atoms with Gasteiger partial charge in [-0.2, -0.15) is 0 Å². The molecule has 0 aliphatic heterocycles. The molecular weight excluding hydrogens is 268 g/mol. The van der Waals surface area contributed by atoms with Crippen molar-refractivity contribution in [3.05, 3.63) is 96.6 Å². The van der Waals surface area contributed by atoms with Crippen molar-refractivity contribution in [2.45, 2.75) is 6.92 Å². The zero-order chi connectivity index (χ0) is 15.5. The number of hydrogen-bond acceptors (Lipinski definition) is 2. The summed E-state index contributed by atoms with van der Waals surface area (Å²) in [6, 6.07) is 30.5. The van der Waals surface area contributed by atoms with Gasteiger partial charge < -0.3 is 10.6 Å². The van der Waals surface area contributed by atoms with Crippen molar-refractivity contribution in [2.75, 3.05) is 17.3 Å². The van der Waals surface area contributed by atoms with E-state index in [0.29, 0.717) is 0 Å². The zero-order valence-electron chi connectivity index (χ0n) is 12.9. The van der Waals surface area contributed by atoms with E-state index >= 15 is 0 Å². The summed E-state index contributed by atoms with van der Waals surface area (Å²) in [5.41, 5.74) is 3.57. The lowest BCUT2D eigenvalue weighted by atomic mass is 10.2. The van der Waals surface area contributed by atoms with E-state index in [9.17, 15) is 0 Å². The highest BCUT2D eigenvalue weighted by molar-refractivity contribution is 5.47. The fourth-order valence-corrected chi connectivity index (χ4v) is 1.89. The van der Waals surface area contributed by atoms with Gasteiger partial charge in [0.15, 0.2) is 0 Å². The maximum absolute atomic E-state index is 3.28. The van der Waals surface area contributed by atoms with Crippen LogP contribution in [0.4, 0.5) is 11.4 Å². The minimum absolute atomic E-state index is 0.730. The highest BCUT2D eigenvalue weighted by Crippen LogP contribution is 2.06. The zero-order valence-corrected chi connectivity index (χ0v) is 12.9. The van der Waals surface area contributed by atoms with Crippen molar-refractivity contribution in [3.63, 3.8) is 0 Å². The monoisotopic (exact) mass is 290 g/mol. The van der Waals surface area contributed by atoms with Crippen LogP contribution < -0.4 is 10.6 Å². The van der Waals surface area contributed by atoms with Crippen molar-refractivity contribution >= 4 is 11.4 Å². The number of benzene rings is 3. The van der Waals surface area contributed by atoms with Gasteiger partial charge in [-0.3, -0.25) is 0 Å². The van der Waals surface area contributed by atoms with Crippen molar-refractivity contribution in [3.8, 4) is 0 Å². The molecule has 0 fully saturated rings. The molecule has 0 unspecified atom stereocenters. The molecule has 0 spiro atoms. The minimum Gasteiger partial charge on any atom is -0.368 e. The van der Waals surface area contributed by atoms with E-state index in [2.05, 4.69) is 29.7 Å². The van der Waals surface area contributed by atoms with Crippen LogP contribution >= 0.6 is 0 Å². The standard InChI is InChI=1S/C13H14N2.C7H8/c1-3-7-12(8-4-1)14-11-15-13-9-5-2-6-10-13;1-7-5-3-2-4-6-7/h1-10,14-15H,11H2;2-6H,1H3. The van der Waals surface area contributed by atoms with E-state index in [1.165, 1.54) is 5.56 Å². The summed E-state index contributed by atoms with van der Waals surface area (Å²) in [7, 11) is 0. The highest BCUT2D eigenvalue weighted by Gasteiger charge is 1.89. The Hall–Kier alpha value is -2.74. The van der Waals surface area contributed by atoms with Gasteiger partial charge in [-0.05, 0) is 31.2 Å². The van der Waals surface area contributed by atoms with Crippen LogP contribution in [0.25, 0.3) is 0 Å². The summed E-state index contributed by atoms with van der Waals surface area (Å²) < 4.78 is 0. The molecule has 2 nitrogen and oxygen atoms in total. The fraction of sp³-hybridized carbons (Fsp3) is 0.100. The van der Waals surface area contributed by atoms with Crippen molar-refractivity contribution in [1.82, 2.24) is 0 Å². The quantitative estimate of drug-likeness (QED) is 0.648. The van der Waals surface area contributed by atoms with Crippen LogP contribution in [-0.2, 0) is 0 Å². The van der Waals surface area contributed by atoms with Gasteiger partial charge in [0.25, 0.3) is 0 Å². The van der Waals surface area contributed by atoms with E-state index in [-0.39, 0.29) is 0 Å². The van der Waals surface area contributed by atoms with Gasteiger partial charge in [-0.25, -0.2) is 0 Å². The Morgan fingerprint density at radius 2 is 0.909 bits per heavy atom. The predicted octanol–water partition coefficient (Wildman–Crippen LogP) is 5.16. The maximum Gasteiger partial charge on any atom is 0.0849 e. The van der Waals surface area contributed by atoms with E-state index < -0.39 is 0 Å². The number of hydrogen-bond donors (Lipinski definition) is 2. The largest absolute Gasteiger partial charge is 0.368 e. The molecule has 0 bridgehead atoms. The van der Waals surface area contributed by atoms with Crippen LogP contribution in [0.1, 0.15) is 5.56 Å². The molecule has 0 heterocycles. The first-order valence-corrected chi connectivity index (χ1v) is 7.44. The maximum atomic E-state index is 3.28. The van der Waals surface area contributed by atoms with Gasteiger partial charge >= 0.3 is 0 Å². The molecule has 2 N–H and O–H groups in total. The van der Waals surface area contributed by atoms with Gasteiger partial charge in [0.05, 0.1) is 6.67 Å². The Kier molecular flexibility index (Phi) is 6.57. The topological polar surface area (TPSA) is 24.1 Å². The third-order valence-corrected chi connectivity index (χ3v) is 3.07. The molecule has 0 saturated carbocycles. The molecule has 0 aliphatic rings. The number of para-hydroxylation sites is 2. The molecule has 3 aromatic rings. The first-order chi connectivity index (χ1) is 10.8. The van der Waals surface area contributed by atoms with Crippen LogP contribution in [0.2, 0.25) is 0 Å². The molecule has 0 amide bonds. The van der Waals surface area contributed by atoms with Crippen LogP contribution in [0.3, 0.4) is 0 Å². The lowest BCUT2D eigenvalue weighted by Gasteiger charge is -2.08. The number of anilines is 2. The normalized spacial score (nSPS) is 9.32. The van der Waals surface area contributed by atoms with Crippen LogP contribution in [0, 0.1) is 6.92 Å². The number of nitrogens with one attached hydrogen (secondary N) is 2. The molecule has 0 radical (unpaired) electrons. The second-order valence-corrected chi connectivity index (χ2v) is 4.92. The molecular formula is C20H22N2. The van der Waals surface area contributed by atoms with Crippen molar-refractivity contribution in [1.29, 1.82) is 0 Å². The lowest BCUT2D eigenvalue weighted by molar-refractivity contribution is 1.22. The third kappa shape index (κ3) is 6.14. The number of aryl methyl sites for hydroxylation is 1. The van der Waals surface area contributed by atoms with Gasteiger partial charge in [0, 0.05) is 11.4 Å². The Morgan fingerprint density at radius 1 is 0.545 bits per heavy atom. The van der Waals surface area contributed by atoms with Crippen molar-refractivity contribution in [2.24, 2.45) is 0 Å².